The van der Waals surface area contributed by atoms with Crippen LogP contribution in [0.1, 0.15) is 50.2 Å². The van der Waals surface area contributed by atoms with Crippen LogP contribution in [0.2, 0.25) is 10.3 Å². The molecule has 1 amide bonds. The number of nitrogens with one attached hydrogen (secondary N) is 1. The first kappa shape index (κ1) is 26.4. The Hall–Kier alpha value is -3.62. The zero-order chi connectivity index (χ0) is 26.5. The SMILES string of the molecule is Cc1nn(Cc2ccccc2)c(Cl)c1C(=O)N[C@H](C)COC(=O)c1c(C)nn(Cc2ccccc2)c1Cl. The molecule has 0 aliphatic heterocycles. The van der Waals surface area contributed by atoms with Crippen LogP contribution >= 0.6 is 23.2 Å². The first-order valence-electron chi connectivity index (χ1n) is 11.8. The van der Waals surface area contributed by atoms with Crippen molar-refractivity contribution in [2.75, 3.05) is 6.61 Å². The zero-order valence-electron chi connectivity index (χ0n) is 20.7. The number of hydrogen-bond acceptors (Lipinski definition) is 5. The van der Waals surface area contributed by atoms with Gasteiger partial charge in [0.2, 0.25) is 0 Å². The Morgan fingerprint density at radius 1 is 0.838 bits per heavy atom. The van der Waals surface area contributed by atoms with Crippen LogP contribution in [0.25, 0.3) is 0 Å². The molecule has 0 saturated heterocycles. The number of rotatable bonds is 9. The lowest BCUT2D eigenvalue weighted by Crippen LogP contribution is -2.36. The summed E-state index contributed by atoms with van der Waals surface area (Å²) in [6, 6.07) is 18.9. The maximum Gasteiger partial charge on any atom is 0.343 e. The normalized spacial score (nSPS) is 11.8. The quantitative estimate of drug-likeness (QED) is 0.299. The molecule has 0 saturated carbocycles. The molecule has 0 aliphatic carbocycles. The number of esters is 1. The Kier molecular flexibility index (Phi) is 8.31. The molecule has 2 aromatic heterocycles. The van der Waals surface area contributed by atoms with Crippen molar-refractivity contribution in [1.29, 1.82) is 0 Å². The van der Waals surface area contributed by atoms with Crippen LogP contribution in [0.3, 0.4) is 0 Å². The van der Waals surface area contributed by atoms with E-state index in [0.717, 1.165) is 11.1 Å². The van der Waals surface area contributed by atoms with E-state index in [4.69, 9.17) is 27.9 Å². The van der Waals surface area contributed by atoms with Gasteiger partial charge in [0, 0.05) is 0 Å². The molecule has 2 heterocycles. The molecule has 0 bridgehead atoms. The summed E-state index contributed by atoms with van der Waals surface area (Å²) >= 11 is 12.9. The summed E-state index contributed by atoms with van der Waals surface area (Å²) in [6.45, 7) is 5.98. The summed E-state index contributed by atoms with van der Waals surface area (Å²) in [5.74, 6) is -0.997. The van der Waals surface area contributed by atoms with Gasteiger partial charge in [-0.2, -0.15) is 10.2 Å². The monoisotopic (exact) mass is 539 g/mol. The first-order valence-corrected chi connectivity index (χ1v) is 12.5. The van der Waals surface area contributed by atoms with Crippen molar-refractivity contribution in [2.45, 2.75) is 39.9 Å². The van der Waals surface area contributed by atoms with Crippen molar-refractivity contribution in [1.82, 2.24) is 24.9 Å². The lowest BCUT2D eigenvalue weighted by Gasteiger charge is -2.14. The molecule has 0 aliphatic rings. The van der Waals surface area contributed by atoms with Crippen molar-refractivity contribution < 1.29 is 14.3 Å². The third-order valence-corrected chi connectivity index (χ3v) is 6.52. The van der Waals surface area contributed by atoms with Gasteiger partial charge in [0.15, 0.2) is 0 Å². The van der Waals surface area contributed by atoms with Gasteiger partial charge < -0.3 is 10.1 Å². The molecule has 2 aromatic carbocycles. The summed E-state index contributed by atoms with van der Waals surface area (Å²) in [7, 11) is 0. The van der Waals surface area contributed by atoms with E-state index in [2.05, 4.69) is 15.5 Å². The molecule has 0 spiro atoms. The Morgan fingerprint density at radius 2 is 1.30 bits per heavy atom. The Morgan fingerprint density at radius 3 is 1.81 bits per heavy atom. The second kappa shape index (κ2) is 11.6. The van der Waals surface area contributed by atoms with E-state index in [1.165, 1.54) is 0 Å². The van der Waals surface area contributed by atoms with Crippen molar-refractivity contribution in [3.05, 3.63) is 105 Å². The standard InChI is InChI=1S/C27H27Cl2N5O3/c1-17(30-26(35)22-18(2)31-33(24(22)28)14-20-10-6-4-7-11-20)16-37-27(36)23-19(3)32-34(25(23)29)15-21-12-8-5-9-13-21/h4-13,17H,14-16H2,1-3H3,(H,30,35)/t17-/m1/s1. The summed E-state index contributed by atoms with van der Waals surface area (Å²) < 4.78 is 8.60. The molecule has 0 radical (unpaired) electrons. The number of benzene rings is 2. The maximum absolute atomic E-state index is 12.9. The fourth-order valence-corrected chi connectivity index (χ4v) is 4.56. The molecule has 4 aromatic rings. The Bertz CT molecular complexity index is 1400. The number of amides is 1. The van der Waals surface area contributed by atoms with Gasteiger partial charge in [0.05, 0.1) is 36.1 Å². The van der Waals surface area contributed by atoms with Crippen LogP contribution in [0.4, 0.5) is 0 Å². The molecule has 4 rings (SSSR count). The molecule has 192 valence electrons. The molecular formula is C27H27Cl2N5O3. The molecule has 8 nitrogen and oxygen atoms in total. The van der Waals surface area contributed by atoms with Crippen LogP contribution in [0.15, 0.2) is 60.7 Å². The predicted molar refractivity (Wildman–Crippen MR) is 142 cm³/mol. The van der Waals surface area contributed by atoms with E-state index in [1.807, 2.05) is 60.7 Å². The number of carbonyl (C=O) groups is 2. The summed E-state index contributed by atoms with van der Waals surface area (Å²) in [4.78, 5) is 25.7. The second-order valence-electron chi connectivity index (χ2n) is 8.76. The highest BCUT2D eigenvalue weighted by Crippen LogP contribution is 2.23. The van der Waals surface area contributed by atoms with Gasteiger partial charge >= 0.3 is 5.97 Å². The van der Waals surface area contributed by atoms with E-state index >= 15 is 0 Å². The van der Waals surface area contributed by atoms with E-state index < -0.39 is 17.9 Å². The highest BCUT2D eigenvalue weighted by atomic mass is 35.5. The predicted octanol–water partition coefficient (Wildman–Crippen LogP) is 5.08. The number of carbonyl (C=O) groups excluding carboxylic acids is 2. The zero-order valence-corrected chi connectivity index (χ0v) is 22.3. The Balaban J connectivity index is 1.36. The minimum atomic E-state index is -0.604. The fourth-order valence-electron chi connectivity index (χ4n) is 3.93. The van der Waals surface area contributed by atoms with Crippen LogP contribution in [-0.2, 0) is 17.8 Å². The lowest BCUT2D eigenvalue weighted by atomic mass is 10.2. The van der Waals surface area contributed by atoms with E-state index in [1.54, 1.807) is 30.1 Å². The van der Waals surface area contributed by atoms with E-state index in [9.17, 15) is 9.59 Å². The van der Waals surface area contributed by atoms with E-state index in [0.29, 0.717) is 24.5 Å². The lowest BCUT2D eigenvalue weighted by molar-refractivity contribution is 0.0464. The molecule has 10 heteroatoms. The molecule has 1 N–H and O–H groups in total. The van der Waals surface area contributed by atoms with Crippen molar-refractivity contribution >= 4 is 35.1 Å². The number of halogens is 2. The molecule has 37 heavy (non-hydrogen) atoms. The van der Waals surface area contributed by atoms with Crippen LogP contribution in [0.5, 0.6) is 0 Å². The minimum Gasteiger partial charge on any atom is -0.460 e. The number of hydrogen-bond donors (Lipinski definition) is 1. The third-order valence-electron chi connectivity index (χ3n) is 5.75. The second-order valence-corrected chi connectivity index (χ2v) is 9.48. The van der Waals surface area contributed by atoms with Crippen LogP contribution in [0, 0.1) is 13.8 Å². The third kappa shape index (κ3) is 6.21. The number of aromatic nitrogens is 4. The average Bonchev–Trinajstić information content (AvgIpc) is 3.31. The molecule has 1 atom stereocenters. The highest BCUT2D eigenvalue weighted by molar-refractivity contribution is 6.33. The first-order chi connectivity index (χ1) is 17.7. The van der Waals surface area contributed by atoms with Crippen molar-refractivity contribution in [3.8, 4) is 0 Å². The fraction of sp³-hybridized carbons (Fsp3) is 0.259. The number of nitrogens with zero attached hydrogens (tertiary/aromatic N) is 4. The Labute approximate surface area is 225 Å². The van der Waals surface area contributed by atoms with Gasteiger partial charge in [-0.1, -0.05) is 83.9 Å². The molecule has 0 unspecified atom stereocenters. The van der Waals surface area contributed by atoms with Gasteiger partial charge in [-0.15, -0.1) is 0 Å². The molecule has 0 fully saturated rings. The highest BCUT2D eigenvalue weighted by Gasteiger charge is 2.24. The largest absolute Gasteiger partial charge is 0.460 e. The number of aryl methyl sites for hydroxylation is 2. The maximum atomic E-state index is 12.9. The van der Waals surface area contributed by atoms with Crippen molar-refractivity contribution in [3.63, 3.8) is 0 Å². The van der Waals surface area contributed by atoms with Gasteiger partial charge in [0.25, 0.3) is 5.91 Å². The minimum absolute atomic E-state index is 0.0565. The topological polar surface area (TPSA) is 91.0 Å². The van der Waals surface area contributed by atoms with Gasteiger partial charge in [0.1, 0.15) is 22.5 Å². The average molecular weight is 540 g/mol. The van der Waals surface area contributed by atoms with Crippen LogP contribution < -0.4 is 5.32 Å². The summed E-state index contributed by atoms with van der Waals surface area (Å²) in [5.41, 5.74) is 3.49. The van der Waals surface area contributed by atoms with Gasteiger partial charge in [-0.3, -0.25) is 4.79 Å². The van der Waals surface area contributed by atoms with Gasteiger partial charge in [-0.25, -0.2) is 14.2 Å². The van der Waals surface area contributed by atoms with Crippen LogP contribution in [-0.4, -0.2) is 44.1 Å². The summed E-state index contributed by atoms with van der Waals surface area (Å²) in [6.07, 6.45) is 0. The summed E-state index contributed by atoms with van der Waals surface area (Å²) in [5, 5.41) is 12.1. The van der Waals surface area contributed by atoms with E-state index in [-0.39, 0.29) is 28.0 Å². The molecular weight excluding hydrogens is 513 g/mol. The van der Waals surface area contributed by atoms with Crippen molar-refractivity contribution in [2.24, 2.45) is 0 Å². The van der Waals surface area contributed by atoms with Gasteiger partial charge in [-0.05, 0) is 31.9 Å². The number of ether oxygens (including phenoxy) is 1. The smallest absolute Gasteiger partial charge is 0.343 e.